The number of esters is 2. The van der Waals surface area contributed by atoms with Crippen LogP contribution in [-0.4, -0.2) is 35.4 Å². The average molecular weight is 246 g/mol. The van der Waals surface area contributed by atoms with Crippen LogP contribution in [0, 0.1) is 0 Å². The van der Waals surface area contributed by atoms with Crippen LogP contribution in [0.4, 0.5) is 0 Å². The average Bonchev–Trinajstić information content (AvgIpc) is 2.14. The van der Waals surface area contributed by atoms with Gasteiger partial charge in [0.1, 0.15) is 5.60 Å². The molecule has 5 heteroatoms. The molecular weight excluding hydrogens is 224 g/mol. The lowest BCUT2D eigenvalue weighted by Crippen LogP contribution is -2.31. The third-order valence-corrected chi connectivity index (χ3v) is 1.79. The molecule has 0 fully saturated rings. The molecule has 0 radical (unpaired) electrons. The third-order valence-electron chi connectivity index (χ3n) is 1.79. The Kier molecular flexibility index (Phi) is 6.80. The molecule has 0 aliphatic rings. The highest BCUT2D eigenvalue weighted by atomic mass is 16.6. The first-order valence-corrected chi connectivity index (χ1v) is 5.83. The number of carbonyl (C=O) groups is 2. The van der Waals surface area contributed by atoms with Crippen molar-refractivity contribution < 1.29 is 24.2 Å². The maximum Gasteiger partial charge on any atom is 0.335 e. The molecule has 0 aliphatic carbocycles. The van der Waals surface area contributed by atoms with Gasteiger partial charge in [-0.05, 0) is 27.2 Å². The van der Waals surface area contributed by atoms with Gasteiger partial charge in [-0.25, -0.2) is 4.79 Å². The fraction of sp³-hybridized carbons (Fsp3) is 0.833. The quantitative estimate of drug-likeness (QED) is 0.567. The van der Waals surface area contributed by atoms with Gasteiger partial charge >= 0.3 is 11.9 Å². The Morgan fingerprint density at radius 2 is 1.88 bits per heavy atom. The number of aliphatic hydroxyl groups is 1. The van der Waals surface area contributed by atoms with E-state index in [2.05, 4.69) is 0 Å². The van der Waals surface area contributed by atoms with Crippen LogP contribution in [0.1, 0.15) is 47.0 Å². The van der Waals surface area contributed by atoms with Crippen molar-refractivity contribution >= 4 is 11.9 Å². The summed E-state index contributed by atoms with van der Waals surface area (Å²) in [6.07, 6.45) is -0.176. The second kappa shape index (κ2) is 7.27. The van der Waals surface area contributed by atoms with Crippen LogP contribution in [-0.2, 0) is 19.1 Å². The molecule has 0 bridgehead atoms. The highest BCUT2D eigenvalue weighted by Crippen LogP contribution is 2.09. The molecule has 0 saturated carbocycles. The van der Waals surface area contributed by atoms with Crippen LogP contribution in [0.25, 0.3) is 0 Å². The van der Waals surface area contributed by atoms with Crippen molar-refractivity contribution in [3.05, 3.63) is 0 Å². The maximum absolute atomic E-state index is 11.3. The van der Waals surface area contributed by atoms with E-state index in [1.54, 1.807) is 20.8 Å². The second-order valence-electron chi connectivity index (χ2n) is 4.83. The normalized spacial score (nSPS) is 13.0. The van der Waals surface area contributed by atoms with Gasteiger partial charge in [0.25, 0.3) is 0 Å². The van der Waals surface area contributed by atoms with E-state index in [1.807, 2.05) is 6.92 Å². The Labute approximate surface area is 102 Å². The Morgan fingerprint density at radius 1 is 1.29 bits per heavy atom. The van der Waals surface area contributed by atoms with Crippen LogP contribution in [0.15, 0.2) is 0 Å². The van der Waals surface area contributed by atoms with E-state index in [-0.39, 0.29) is 13.0 Å². The molecule has 1 atom stereocenters. The molecule has 0 unspecified atom stereocenters. The molecule has 0 aliphatic heterocycles. The van der Waals surface area contributed by atoms with Crippen molar-refractivity contribution in [2.75, 3.05) is 6.61 Å². The van der Waals surface area contributed by atoms with Gasteiger partial charge < -0.3 is 14.6 Å². The van der Waals surface area contributed by atoms with E-state index >= 15 is 0 Å². The Hall–Kier alpha value is -1.10. The molecule has 0 heterocycles. The molecule has 0 aromatic heterocycles. The zero-order chi connectivity index (χ0) is 13.5. The van der Waals surface area contributed by atoms with Crippen LogP contribution >= 0.6 is 0 Å². The summed E-state index contributed by atoms with van der Waals surface area (Å²) in [5, 5.41) is 9.41. The van der Waals surface area contributed by atoms with Crippen molar-refractivity contribution in [1.29, 1.82) is 0 Å². The number of ether oxygens (including phenoxy) is 2. The van der Waals surface area contributed by atoms with Crippen molar-refractivity contribution in [1.82, 2.24) is 0 Å². The first-order valence-electron chi connectivity index (χ1n) is 5.83. The number of carbonyl (C=O) groups excluding carboxylic acids is 2. The van der Waals surface area contributed by atoms with Crippen molar-refractivity contribution in [2.45, 2.75) is 58.7 Å². The Balaban J connectivity index is 3.95. The number of aliphatic hydroxyl groups excluding tert-OH is 1. The molecule has 0 rings (SSSR count). The molecule has 0 saturated heterocycles. The van der Waals surface area contributed by atoms with Gasteiger partial charge in [0.2, 0.25) is 0 Å². The summed E-state index contributed by atoms with van der Waals surface area (Å²) in [6.45, 7) is 7.39. The topological polar surface area (TPSA) is 72.8 Å². The summed E-state index contributed by atoms with van der Waals surface area (Å²) >= 11 is 0. The number of hydrogen-bond acceptors (Lipinski definition) is 5. The lowest BCUT2D eigenvalue weighted by Gasteiger charge is -2.20. The molecule has 0 aromatic rings. The Bertz CT molecular complexity index is 254. The maximum atomic E-state index is 11.3. The summed E-state index contributed by atoms with van der Waals surface area (Å²) < 4.78 is 9.76. The minimum Gasteiger partial charge on any atom is -0.464 e. The predicted molar refractivity (Wildman–Crippen MR) is 62.3 cm³/mol. The lowest BCUT2D eigenvalue weighted by atomic mass is 10.2. The van der Waals surface area contributed by atoms with Crippen LogP contribution in [0.5, 0.6) is 0 Å². The molecule has 0 aromatic carbocycles. The van der Waals surface area contributed by atoms with Crippen LogP contribution in [0.3, 0.4) is 0 Å². The second-order valence-corrected chi connectivity index (χ2v) is 4.83. The fourth-order valence-electron chi connectivity index (χ4n) is 1.04. The smallest absolute Gasteiger partial charge is 0.335 e. The molecule has 1 N–H and O–H groups in total. The zero-order valence-corrected chi connectivity index (χ0v) is 11.0. The first-order chi connectivity index (χ1) is 7.76. The third kappa shape index (κ3) is 8.68. The minimum atomic E-state index is -1.44. The minimum absolute atomic E-state index is 0.265. The van der Waals surface area contributed by atoms with Gasteiger partial charge in [0.05, 0.1) is 13.0 Å². The van der Waals surface area contributed by atoms with E-state index in [0.717, 1.165) is 12.8 Å². The van der Waals surface area contributed by atoms with Crippen molar-refractivity contribution in [3.8, 4) is 0 Å². The number of unbranched alkanes of at least 4 members (excludes halogenated alkanes) is 1. The summed E-state index contributed by atoms with van der Waals surface area (Å²) in [6, 6.07) is 0. The van der Waals surface area contributed by atoms with E-state index in [4.69, 9.17) is 9.47 Å². The van der Waals surface area contributed by atoms with E-state index in [1.165, 1.54) is 0 Å². The van der Waals surface area contributed by atoms with Gasteiger partial charge in [0.15, 0.2) is 6.10 Å². The summed E-state index contributed by atoms with van der Waals surface area (Å²) in [5.74, 6) is -1.39. The monoisotopic (exact) mass is 246 g/mol. The van der Waals surface area contributed by atoms with E-state index < -0.39 is 23.6 Å². The molecule has 100 valence electrons. The van der Waals surface area contributed by atoms with Gasteiger partial charge in [-0.1, -0.05) is 13.3 Å². The molecule has 0 amide bonds. The predicted octanol–water partition coefficient (Wildman–Crippen LogP) is 1.42. The summed E-state index contributed by atoms with van der Waals surface area (Å²) in [5.41, 5.74) is -0.622. The van der Waals surface area contributed by atoms with Crippen LogP contribution < -0.4 is 0 Å². The standard InChI is InChI=1S/C12H22O5/c1-5-6-7-16-11(15)9(13)8-10(14)17-12(2,3)4/h9,13H,5-8H2,1-4H3/t9-/m0/s1. The SMILES string of the molecule is CCCCOC(=O)[C@@H](O)CC(=O)OC(C)(C)C. The van der Waals surface area contributed by atoms with E-state index in [0.29, 0.717) is 0 Å². The highest BCUT2D eigenvalue weighted by Gasteiger charge is 2.24. The van der Waals surface area contributed by atoms with Gasteiger partial charge in [-0.15, -0.1) is 0 Å². The lowest BCUT2D eigenvalue weighted by molar-refractivity contribution is -0.165. The zero-order valence-electron chi connectivity index (χ0n) is 11.0. The van der Waals surface area contributed by atoms with Gasteiger partial charge in [-0.2, -0.15) is 0 Å². The highest BCUT2D eigenvalue weighted by molar-refractivity contribution is 5.81. The first kappa shape index (κ1) is 15.9. The van der Waals surface area contributed by atoms with Crippen molar-refractivity contribution in [3.63, 3.8) is 0 Å². The molecule has 0 spiro atoms. The van der Waals surface area contributed by atoms with Gasteiger partial charge in [-0.3, -0.25) is 4.79 Å². The molecule has 17 heavy (non-hydrogen) atoms. The summed E-state index contributed by atoms with van der Waals surface area (Å²) in [7, 11) is 0. The number of hydrogen-bond donors (Lipinski definition) is 1. The van der Waals surface area contributed by atoms with Crippen LogP contribution in [0.2, 0.25) is 0 Å². The summed E-state index contributed by atoms with van der Waals surface area (Å²) in [4.78, 5) is 22.6. The Morgan fingerprint density at radius 3 is 2.35 bits per heavy atom. The van der Waals surface area contributed by atoms with Crippen molar-refractivity contribution in [2.24, 2.45) is 0 Å². The molecule has 5 nitrogen and oxygen atoms in total. The van der Waals surface area contributed by atoms with Gasteiger partial charge in [0, 0.05) is 0 Å². The molecular formula is C12H22O5. The largest absolute Gasteiger partial charge is 0.464 e. The fourth-order valence-corrected chi connectivity index (χ4v) is 1.04. The number of rotatable bonds is 6. The van der Waals surface area contributed by atoms with E-state index in [9.17, 15) is 14.7 Å².